The Morgan fingerprint density at radius 3 is 2.47 bits per heavy atom. The summed E-state index contributed by atoms with van der Waals surface area (Å²) < 4.78 is 19.6. The van der Waals surface area contributed by atoms with E-state index in [2.05, 4.69) is 19.9 Å². The third-order valence-corrected chi connectivity index (χ3v) is 7.45. The molecule has 13 heteroatoms. The Kier molecular flexibility index (Phi) is 8.37. The monoisotopic (exact) mass is 548 g/mol. The highest BCUT2D eigenvalue weighted by Gasteiger charge is 2.20. The second-order valence-electron chi connectivity index (χ2n) is 8.14. The molecule has 190 valence electrons. The number of nitrogens with zero attached hydrogens (tertiary/aromatic N) is 5. The van der Waals surface area contributed by atoms with Crippen molar-refractivity contribution >= 4 is 51.5 Å². The molecule has 2 atom stereocenters. The second kappa shape index (κ2) is 11.5. The fraction of sp³-hybridized carbons (Fsp3) is 0.304. The van der Waals surface area contributed by atoms with Crippen LogP contribution in [0.3, 0.4) is 0 Å². The first-order valence-corrected chi connectivity index (χ1v) is 13.4. The second-order valence-corrected chi connectivity index (χ2v) is 10.3. The van der Waals surface area contributed by atoms with Crippen molar-refractivity contribution in [3.8, 4) is 5.75 Å². The molecule has 5 N–H and O–H groups in total. The Morgan fingerprint density at radius 1 is 1.11 bits per heavy atom. The number of anilines is 2. The van der Waals surface area contributed by atoms with Crippen LogP contribution in [0.4, 0.5) is 11.6 Å². The number of hydrogen-bond donors (Lipinski definition) is 3. The van der Waals surface area contributed by atoms with Crippen molar-refractivity contribution in [1.29, 1.82) is 5.41 Å². The van der Waals surface area contributed by atoms with Gasteiger partial charge in [-0.15, -0.1) is 0 Å². The van der Waals surface area contributed by atoms with Crippen LogP contribution in [0, 0.1) is 5.41 Å². The summed E-state index contributed by atoms with van der Waals surface area (Å²) in [6, 6.07) is 4.92. The average Bonchev–Trinajstić information content (AvgIpc) is 3.11. The number of hydrogen-bond acceptors (Lipinski definition) is 9. The molecule has 3 aromatic rings. The van der Waals surface area contributed by atoms with E-state index in [1.54, 1.807) is 36.8 Å². The third-order valence-electron chi connectivity index (χ3n) is 5.76. The van der Waals surface area contributed by atoms with Gasteiger partial charge in [0.1, 0.15) is 5.75 Å². The first-order chi connectivity index (χ1) is 17.2. The quantitative estimate of drug-likeness (QED) is 0.232. The highest BCUT2D eigenvalue weighted by molar-refractivity contribution is 7.81. The predicted octanol–water partition coefficient (Wildman–Crippen LogP) is 3.02. The van der Waals surface area contributed by atoms with Crippen molar-refractivity contribution in [2.24, 2.45) is 5.73 Å². The van der Waals surface area contributed by atoms with E-state index in [0.29, 0.717) is 47.2 Å². The molecular formula is C23H26Cl2N8O2S. The fourth-order valence-electron chi connectivity index (χ4n) is 3.84. The van der Waals surface area contributed by atoms with E-state index in [4.69, 9.17) is 44.8 Å². The average molecular weight is 549 g/mol. The number of rotatable bonds is 7. The maximum atomic E-state index is 11.8. The Morgan fingerprint density at radius 2 is 1.81 bits per heavy atom. The number of nitrogens with one attached hydrogen (secondary N) is 1. The molecular weight excluding hydrogens is 523 g/mol. The highest BCUT2D eigenvalue weighted by Crippen LogP contribution is 2.31. The van der Waals surface area contributed by atoms with E-state index in [1.807, 2.05) is 4.31 Å². The van der Waals surface area contributed by atoms with Gasteiger partial charge in [-0.2, -0.15) is 0 Å². The van der Waals surface area contributed by atoms with Gasteiger partial charge in [0.15, 0.2) is 6.23 Å². The lowest BCUT2D eigenvalue weighted by Gasteiger charge is -2.21. The van der Waals surface area contributed by atoms with Gasteiger partial charge in [0.25, 0.3) is 0 Å². The van der Waals surface area contributed by atoms with Crippen molar-refractivity contribution in [3.63, 3.8) is 0 Å². The lowest BCUT2D eigenvalue weighted by atomic mass is 10.0. The van der Waals surface area contributed by atoms with Gasteiger partial charge in [-0.25, -0.2) is 18.5 Å². The molecule has 0 aliphatic carbocycles. The van der Waals surface area contributed by atoms with Gasteiger partial charge in [-0.3, -0.25) is 16.1 Å². The summed E-state index contributed by atoms with van der Waals surface area (Å²) in [5.41, 5.74) is 14.2. The summed E-state index contributed by atoms with van der Waals surface area (Å²) in [6.07, 6.45) is 7.67. The number of nitrogen functional groups attached to an aromatic ring is 1. The molecule has 3 heterocycles. The molecule has 1 fully saturated rings. The fourth-order valence-corrected chi connectivity index (χ4v) is 5.15. The van der Waals surface area contributed by atoms with Crippen LogP contribution in [-0.4, -0.2) is 61.6 Å². The zero-order valence-corrected chi connectivity index (χ0v) is 21.9. The van der Waals surface area contributed by atoms with Crippen molar-refractivity contribution in [3.05, 3.63) is 69.7 Å². The molecule has 10 nitrogen and oxygen atoms in total. The highest BCUT2D eigenvalue weighted by atomic mass is 35.5. The standard InChI is InChI=1S/C23H26Cl2N8O2S/c1-36(34)33-6-2-5-32(7-8-33)23-30-10-14(11-31-23)21(27)16-9-15(3-4-19(16)26)35-22(28)20-17(24)12-29-13-18(20)25/h3-4,9-13,22,27H,2,5-8,26,28H2,1H3/t22-,36?/m0/s1. The molecule has 0 radical (unpaired) electrons. The topological polar surface area (TPSA) is 147 Å². The summed E-state index contributed by atoms with van der Waals surface area (Å²) in [4.78, 5) is 14.9. The first kappa shape index (κ1) is 26.2. The van der Waals surface area contributed by atoms with Crippen LogP contribution in [-0.2, 0) is 11.0 Å². The van der Waals surface area contributed by atoms with Crippen LogP contribution >= 0.6 is 23.2 Å². The van der Waals surface area contributed by atoms with Gasteiger partial charge in [-0.05, 0) is 24.6 Å². The Balaban J connectivity index is 1.49. The Labute approximate surface area is 221 Å². The van der Waals surface area contributed by atoms with E-state index in [9.17, 15) is 4.21 Å². The summed E-state index contributed by atoms with van der Waals surface area (Å²) in [6.45, 7) is 2.88. The van der Waals surface area contributed by atoms with Crippen molar-refractivity contribution < 1.29 is 8.95 Å². The van der Waals surface area contributed by atoms with E-state index in [0.717, 1.165) is 19.5 Å². The molecule has 1 saturated heterocycles. The van der Waals surface area contributed by atoms with Crippen molar-refractivity contribution in [2.75, 3.05) is 43.1 Å². The summed E-state index contributed by atoms with van der Waals surface area (Å²) in [5, 5.41) is 9.27. The number of ether oxygens (including phenoxy) is 1. The van der Waals surface area contributed by atoms with Crippen LogP contribution in [0.25, 0.3) is 0 Å². The molecule has 0 spiro atoms. The van der Waals surface area contributed by atoms with E-state index >= 15 is 0 Å². The maximum Gasteiger partial charge on any atom is 0.225 e. The van der Waals surface area contributed by atoms with Gasteiger partial charge >= 0.3 is 0 Å². The number of benzene rings is 1. The minimum atomic E-state index is -0.995. The molecule has 1 unspecified atom stereocenters. The van der Waals surface area contributed by atoms with Crippen LogP contribution in [0.15, 0.2) is 43.0 Å². The number of aromatic nitrogens is 3. The summed E-state index contributed by atoms with van der Waals surface area (Å²) in [7, 11) is -0.995. The van der Waals surface area contributed by atoms with Gasteiger partial charge in [-0.1, -0.05) is 23.2 Å². The van der Waals surface area contributed by atoms with E-state index in [-0.39, 0.29) is 15.8 Å². The summed E-state index contributed by atoms with van der Waals surface area (Å²) in [5.74, 6) is 0.956. The Bertz CT molecular complexity index is 1260. The molecule has 1 aliphatic rings. The van der Waals surface area contributed by atoms with Crippen LogP contribution in [0.1, 0.15) is 29.3 Å². The largest absolute Gasteiger partial charge is 0.471 e. The lowest BCUT2D eigenvalue weighted by Crippen LogP contribution is -2.32. The van der Waals surface area contributed by atoms with Gasteiger partial charge in [0.2, 0.25) is 5.95 Å². The lowest BCUT2D eigenvalue weighted by molar-refractivity contribution is 0.214. The van der Waals surface area contributed by atoms with Crippen LogP contribution in [0.2, 0.25) is 10.0 Å². The zero-order valence-electron chi connectivity index (χ0n) is 19.5. The molecule has 36 heavy (non-hydrogen) atoms. The first-order valence-electron chi connectivity index (χ1n) is 11.1. The zero-order chi connectivity index (χ0) is 25.8. The molecule has 0 amide bonds. The molecule has 4 rings (SSSR count). The Hall–Kier alpha value is -2.83. The van der Waals surface area contributed by atoms with Crippen LogP contribution < -0.4 is 21.1 Å². The number of halogens is 2. The van der Waals surface area contributed by atoms with Crippen LogP contribution in [0.5, 0.6) is 5.75 Å². The minimum absolute atomic E-state index is 0.140. The molecule has 0 bridgehead atoms. The number of nitrogens with two attached hydrogens (primary N) is 2. The van der Waals surface area contributed by atoms with E-state index < -0.39 is 17.2 Å². The number of pyridine rings is 1. The SMILES string of the molecule is CS(=O)N1CCCN(c2ncc(C(=N)c3cc(O[C@H](N)c4c(Cl)cncc4Cl)ccc3N)cn2)CC1. The van der Waals surface area contributed by atoms with Gasteiger partial charge in [0.05, 0.1) is 26.7 Å². The summed E-state index contributed by atoms with van der Waals surface area (Å²) >= 11 is 12.4. The van der Waals surface area contributed by atoms with Gasteiger partial charge < -0.3 is 15.4 Å². The normalized spacial score (nSPS) is 16.3. The third kappa shape index (κ3) is 5.93. The molecule has 0 saturated carbocycles. The smallest absolute Gasteiger partial charge is 0.225 e. The predicted molar refractivity (Wildman–Crippen MR) is 143 cm³/mol. The molecule has 2 aromatic heterocycles. The van der Waals surface area contributed by atoms with Gasteiger partial charge in [0, 0.05) is 79.6 Å². The minimum Gasteiger partial charge on any atom is -0.471 e. The molecule has 1 aliphatic heterocycles. The van der Waals surface area contributed by atoms with Crippen molar-refractivity contribution in [1.82, 2.24) is 19.3 Å². The maximum absolute atomic E-state index is 11.8. The molecule has 1 aromatic carbocycles. The van der Waals surface area contributed by atoms with Crippen molar-refractivity contribution in [2.45, 2.75) is 12.6 Å². The van der Waals surface area contributed by atoms with E-state index in [1.165, 1.54) is 12.4 Å².